The summed E-state index contributed by atoms with van der Waals surface area (Å²) in [4.78, 5) is 1.70. The van der Waals surface area contributed by atoms with Gasteiger partial charge in [0.25, 0.3) is 0 Å². The number of hydrogen-bond donors (Lipinski definition) is 1. The quantitative estimate of drug-likeness (QED) is 0.815. The highest BCUT2D eigenvalue weighted by molar-refractivity contribution is 8.01. The lowest BCUT2D eigenvalue weighted by molar-refractivity contribution is 0.445. The molecular weight excluding hydrogens is 312 g/mol. The van der Waals surface area contributed by atoms with Crippen molar-refractivity contribution in [1.29, 1.82) is 0 Å². The monoisotopic (exact) mass is 334 g/mol. The summed E-state index contributed by atoms with van der Waals surface area (Å²) >= 11 is 1.63. The van der Waals surface area contributed by atoms with E-state index in [1.807, 2.05) is 0 Å². The van der Waals surface area contributed by atoms with E-state index in [0.717, 1.165) is 12.3 Å². The van der Waals surface area contributed by atoms with Gasteiger partial charge in [0.15, 0.2) is 9.84 Å². The lowest BCUT2D eigenvalue weighted by Gasteiger charge is -2.32. The van der Waals surface area contributed by atoms with E-state index in [1.165, 1.54) is 6.26 Å². The Morgan fingerprint density at radius 3 is 2.90 bits per heavy atom. The number of nitrogens with one attached hydrogen (secondary N) is 1. The fraction of sp³-hybridized carbons (Fsp3) is 0.833. The highest BCUT2D eigenvalue weighted by Crippen LogP contribution is 2.25. The second-order valence-electron chi connectivity index (χ2n) is 5.56. The van der Waals surface area contributed by atoms with E-state index < -0.39 is 15.2 Å². The third-order valence-electron chi connectivity index (χ3n) is 3.11. The Morgan fingerprint density at radius 1 is 1.48 bits per heavy atom. The van der Waals surface area contributed by atoms with Crippen molar-refractivity contribution in [3.8, 4) is 0 Å². The van der Waals surface area contributed by atoms with Crippen molar-refractivity contribution in [2.75, 3.05) is 35.8 Å². The number of anilines is 1. The molecule has 21 heavy (non-hydrogen) atoms. The van der Waals surface area contributed by atoms with Gasteiger partial charge in [-0.2, -0.15) is 11.8 Å². The maximum Gasteiger partial charge on any atom is 0.319 e. The first-order chi connectivity index (χ1) is 9.88. The lowest BCUT2D eigenvalue weighted by Crippen LogP contribution is -2.47. The van der Waals surface area contributed by atoms with Crippen LogP contribution in [-0.4, -0.2) is 54.8 Å². The van der Waals surface area contributed by atoms with Crippen LogP contribution in [-0.2, 0) is 16.4 Å². The van der Waals surface area contributed by atoms with Gasteiger partial charge in [0.05, 0.1) is 6.54 Å². The summed E-state index contributed by atoms with van der Waals surface area (Å²) in [5.74, 6) is 2.41. The van der Waals surface area contributed by atoms with Gasteiger partial charge in [-0.05, 0) is 12.5 Å². The zero-order valence-corrected chi connectivity index (χ0v) is 14.2. The molecule has 1 fully saturated rings. The van der Waals surface area contributed by atoms with Crippen LogP contribution in [0.15, 0.2) is 4.42 Å². The maximum atomic E-state index is 11.9. The summed E-state index contributed by atoms with van der Waals surface area (Å²) in [5.41, 5.74) is 0. The van der Waals surface area contributed by atoms with Gasteiger partial charge in [-0.1, -0.05) is 18.9 Å². The molecule has 120 valence electrons. The smallest absolute Gasteiger partial charge is 0.319 e. The SMILES string of the molecule is CC(C)CNCc1nnc(N2CCSCC2S(C)(=O)=O)o1. The largest absolute Gasteiger partial charge is 0.407 e. The number of hydrogen-bond acceptors (Lipinski definition) is 8. The predicted octanol–water partition coefficient (Wildman–Crippen LogP) is 0.739. The van der Waals surface area contributed by atoms with Crippen molar-refractivity contribution >= 4 is 27.6 Å². The molecule has 0 bridgehead atoms. The average molecular weight is 334 g/mol. The summed E-state index contributed by atoms with van der Waals surface area (Å²) in [5, 5.41) is 10.6. The van der Waals surface area contributed by atoms with Crippen LogP contribution in [0.2, 0.25) is 0 Å². The third-order valence-corrected chi connectivity index (χ3v) is 5.75. The Kier molecular flexibility index (Phi) is 5.50. The van der Waals surface area contributed by atoms with E-state index in [0.29, 0.717) is 36.7 Å². The van der Waals surface area contributed by atoms with Gasteiger partial charge < -0.3 is 14.6 Å². The molecule has 1 saturated heterocycles. The summed E-state index contributed by atoms with van der Waals surface area (Å²) in [6, 6.07) is 0.298. The summed E-state index contributed by atoms with van der Waals surface area (Å²) in [7, 11) is -3.18. The van der Waals surface area contributed by atoms with Crippen molar-refractivity contribution in [2.45, 2.75) is 25.8 Å². The van der Waals surface area contributed by atoms with Gasteiger partial charge in [-0.25, -0.2) is 8.42 Å². The fourth-order valence-corrected chi connectivity index (χ4v) is 4.86. The minimum Gasteiger partial charge on any atom is -0.407 e. The molecule has 1 unspecified atom stereocenters. The van der Waals surface area contributed by atoms with Crippen molar-refractivity contribution in [3.63, 3.8) is 0 Å². The first-order valence-electron chi connectivity index (χ1n) is 6.94. The second-order valence-corrected chi connectivity index (χ2v) is 8.91. The van der Waals surface area contributed by atoms with Crippen molar-refractivity contribution in [1.82, 2.24) is 15.5 Å². The van der Waals surface area contributed by atoms with Gasteiger partial charge in [0.2, 0.25) is 5.89 Å². The Labute approximate surface area is 129 Å². The number of rotatable bonds is 6. The molecule has 0 radical (unpaired) electrons. The van der Waals surface area contributed by atoms with E-state index >= 15 is 0 Å². The van der Waals surface area contributed by atoms with E-state index in [4.69, 9.17) is 4.42 Å². The fourth-order valence-electron chi connectivity index (χ4n) is 2.05. The van der Waals surface area contributed by atoms with Crippen LogP contribution in [0.4, 0.5) is 6.01 Å². The van der Waals surface area contributed by atoms with Crippen LogP contribution in [0.3, 0.4) is 0 Å². The van der Waals surface area contributed by atoms with Gasteiger partial charge in [-0.3, -0.25) is 0 Å². The van der Waals surface area contributed by atoms with E-state index in [2.05, 4.69) is 29.4 Å². The lowest BCUT2D eigenvalue weighted by atomic mass is 10.2. The van der Waals surface area contributed by atoms with Crippen LogP contribution in [0.1, 0.15) is 19.7 Å². The molecule has 1 atom stereocenters. The van der Waals surface area contributed by atoms with Crippen LogP contribution in [0, 0.1) is 5.92 Å². The normalized spacial score (nSPS) is 20.2. The predicted molar refractivity (Wildman–Crippen MR) is 84.1 cm³/mol. The second kappa shape index (κ2) is 6.97. The zero-order chi connectivity index (χ0) is 15.5. The molecule has 1 aliphatic heterocycles. The topological polar surface area (TPSA) is 88.3 Å². The molecule has 9 heteroatoms. The minimum atomic E-state index is -3.18. The molecule has 0 aliphatic carbocycles. The van der Waals surface area contributed by atoms with Crippen LogP contribution in [0.5, 0.6) is 0 Å². The van der Waals surface area contributed by atoms with Gasteiger partial charge in [-0.15, -0.1) is 5.10 Å². The maximum absolute atomic E-state index is 11.9. The highest BCUT2D eigenvalue weighted by Gasteiger charge is 2.34. The summed E-state index contributed by atoms with van der Waals surface area (Å²) in [6.45, 7) is 6.20. The molecule has 1 aromatic heterocycles. The molecule has 0 aromatic carbocycles. The van der Waals surface area contributed by atoms with Gasteiger partial charge in [0, 0.05) is 24.3 Å². The molecule has 1 aromatic rings. The molecule has 0 amide bonds. The van der Waals surface area contributed by atoms with Crippen molar-refractivity contribution < 1.29 is 12.8 Å². The van der Waals surface area contributed by atoms with Crippen LogP contribution in [0.25, 0.3) is 0 Å². The molecular formula is C12H22N4O3S2. The number of sulfone groups is 1. The molecule has 2 heterocycles. The van der Waals surface area contributed by atoms with E-state index in [-0.39, 0.29) is 0 Å². The highest BCUT2D eigenvalue weighted by atomic mass is 32.2. The van der Waals surface area contributed by atoms with Crippen molar-refractivity contribution in [3.05, 3.63) is 5.89 Å². The molecule has 0 saturated carbocycles. The van der Waals surface area contributed by atoms with Crippen LogP contribution < -0.4 is 10.2 Å². The first kappa shape index (κ1) is 16.6. The summed E-state index contributed by atoms with van der Waals surface area (Å²) < 4.78 is 29.3. The molecule has 1 N–H and O–H groups in total. The first-order valence-corrected chi connectivity index (χ1v) is 10.0. The number of thioether (sulfide) groups is 1. The average Bonchev–Trinajstić information content (AvgIpc) is 2.86. The Balaban J connectivity index is 2.05. The number of nitrogens with zero attached hydrogens (tertiary/aromatic N) is 3. The van der Waals surface area contributed by atoms with Gasteiger partial charge >= 0.3 is 6.01 Å². The molecule has 7 nitrogen and oxygen atoms in total. The minimum absolute atomic E-state index is 0.298. The molecule has 2 rings (SSSR count). The molecule has 1 aliphatic rings. The van der Waals surface area contributed by atoms with E-state index in [1.54, 1.807) is 16.7 Å². The Bertz CT molecular complexity index is 559. The molecule has 0 spiro atoms. The third kappa shape index (κ3) is 4.58. The standard InChI is InChI=1S/C12H22N4O3S2/c1-9(2)6-13-7-10-14-15-12(19-10)16-4-5-20-8-11(16)21(3,17)18/h9,11,13H,4-8H2,1-3H3. The van der Waals surface area contributed by atoms with Crippen molar-refractivity contribution in [2.24, 2.45) is 5.92 Å². The Hall–Kier alpha value is -0.800. The van der Waals surface area contributed by atoms with E-state index in [9.17, 15) is 8.42 Å². The number of aromatic nitrogens is 2. The van der Waals surface area contributed by atoms with Crippen LogP contribution >= 0.6 is 11.8 Å². The van der Waals surface area contributed by atoms with Gasteiger partial charge in [0.1, 0.15) is 5.37 Å². The Morgan fingerprint density at radius 2 is 2.24 bits per heavy atom. The zero-order valence-electron chi connectivity index (χ0n) is 12.6. The summed E-state index contributed by atoms with van der Waals surface area (Å²) in [6.07, 6.45) is 1.25.